The van der Waals surface area contributed by atoms with Crippen molar-refractivity contribution in [2.75, 3.05) is 31.2 Å². The first-order valence-corrected chi connectivity index (χ1v) is 15.6. The lowest BCUT2D eigenvalue weighted by Crippen LogP contribution is -2.36. The molecule has 6 rings (SSSR count). The second-order valence-corrected chi connectivity index (χ2v) is 11.5. The molecule has 226 valence electrons. The third kappa shape index (κ3) is 6.56. The lowest BCUT2D eigenvalue weighted by atomic mass is 10.1. The van der Waals surface area contributed by atoms with Gasteiger partial charge in [0, 0.05) is 60.3 Å². The molecule has 3 aromatic carbocycles. The number of rotatable bonds is 10. The molecule has 5 aromatic rings. The maximum atomic E-state index is 13.3. The number of benzene rings is 3. The van der Waals surface area contributed by atoms with E-state index in [2.05, 4.69) is 46.0 Å². The predicted octanol–water partition coefficient (Wildman–Crippen LogP) is 6.44. The summed E-state index contributed by atoms with van der Waals surface area (Å²) in [4.78, 5) is 33.5. The Morgan fingerprint density at radius 1 is 0.932 bits per heavy atom. The average molecular weight is 610 g/mol. The summed E-state index contributed by atoms with van der Waals surface area (Å²) in [5.41, 5.74) is 5.84. The Kier molecular flexibility index (Phi) is 9.09. The Morgan fingerprint density at radius 3 is 2.34 bits per heavy atom. The van der Waals surface area contributed by atoms with E-state index in [0.29, 0.717) is 28.6 Å². The fourth-order valence-corrected chi connectivity index (χ4v) is 5.68. The summed E-state index contributed by atoms with van der Waals surface area (Å²) in [6.45, 7) is 6.60. The number of nitrogens with one attached hydrogen (secondary N) is 1. The van der Waals surface area contributed by atoms with Gasteiger partial charge in [-0.05, 0) is 53.9 Å². The number of carbonyl (C=O) groups is 1. The second kappa shape index (κ2) is 13.5. The fraction of sp³-hybridized carbons (Fsp3) is 0.286. The van der Waals surface area contributed by atoms with Gasteiger partial charge in [-0.15, -0.1) is 0 Å². The summed E-state index contributed by atoms with van der Waals surface area (Å²) < 4.78 is 9.15. The highest BCUT2D eigenvalue weighted by molar-refractivity contribution is 6.30. The van der Waals surface area contributed by atoms with Crippen molar-refractivity contribution in [3.8, 4) is 22.5 Å². The lowest BCUT2D eigenvalue weighted by Gasteiger charge is -2.28. The van der Waals surface area contributed by atoms with E-state index >= 15 is 0 Å². The molecule has 1 amide bonds. The number of imidazole rings is 1. The summed E-state index contributed by atoms with van der Waals surface area (Å²) >= 11 is 6.08. The summed E-state index contributed by atoms with van der Waals surface area (Å²) in [7, 11) is 0. The van der Waals surface area contributed by atoms with Gasteiger partial charge in [-0.3, -0.25) is 14.0 Å². The van der Waals surface area contributed by atoms with Gasteiger partial charge in [0.25, 0.3) is 11.5 Å². The van der Waals surface area contributed by atoms with E-state index < -0.39 is 0 Å². The number of unbranched alkanes of at least 4 members (excludes halogenated alkanes) is 2. The predicted molar refractivity (Wildman–Crippen MR) is 176 cm³/mol. The van der Waals surface area contributed by atoms with Crippen molar-refractivity contribution in [1.29, 1.82) is 0 Å². The normalized spacial score (nSPS) is 13.4. The average Bonchev–Trinajstić information content (AvgIpc) is 3.52. The molecule has 0 aliphatic carbocycles. The molecule has 44 heavy (non-hydrogen) atoms. The molecule has 0 radical (unpaired) electrons. The van der Waals surface area contributed by atoms with E-state index in [1.165, 1.54) is 5.69 Å². The highest BCUT2D eigenvalue weighted by Gasteiger charge is 2.16. The molecule has 0 spiro atoms. The van der Waals surface area contributed by atoms with Crippen molar-refractivity contribution >= 4 is 29.0 Å². The smallest absolute Gasteiger partial charge is 0.259 e. The molecular weight excluding hydrogens is 574 g/mol. The van der Waals surface area contributed by atoms with Crippen LogP contribution in [0.15, 0.2) is 89.9 Å². The number of hydrogen-bond acceptors (Lipinski definition) is 5. The number of aromatic nitrogens is 3. The number of aryl methyl sites for hydroxylation is 1. The zero-order chi connectivity index (χ0) is 30.5. The first-order valence-electron chi connectivity index (χ1n) is 15.2. The summed E-state index contributed by atoms with van der Waals surface area (Å²) in [5, 5.41) is 3.67. The second-order valence-electron chi connectivity index (χ2n) is 11.1. The van der Waals surface area contributed by atoms with Crippen LogP contribution in [0.1, 0.15) is 42.1 Å². The molecule has 0 bridgehead atoms. The zero-order valence-electron chi connectivity index (χ0n) is 24.8. The van der Waals surface area contributed by atoms with Gasteiger partial charge in [-0.1, -0.05) is 67.8 Å². The minimum absolute atomic E-state index is 0.148. The molecule has 1 fully saturated rings. The van der Waals surface area contributed by atoms with Crippen LogP contribution < -0.4 is 15.8 Å². The molecule has 1 aliphatic heterocycles. The van der Waals surface area contributed by atoms with Crippen LogP contribution in [-0.2, 0) is 17.8 Å². The van der Waals surface area contributed by atoms with E-state index in [0.717, 1.165) is 74.5 Å². The highest BCUT2D eigenvalue weighted by atomic mass is 35.5. The Morgan fingerprint density at radius 2 is 1.64 bits per heavy atom. The summed E-state index contributed by atoms with van der Waals surface area (Å²) in [6.07, 6.45) is 4.89. The molecule has 0 unspecified atom stereocenters. The molecule has 8 nitrogen and oxygen atoms in total. The Bertz CT molecular complexity index is 1790. The number of anilines is 1. The van der Waals surface area contributed by atoms with Crippen molar-refractivity contribution in [2.45, 2.75) is 39.3 Å². The third-order valence-electron chi connectivity index (χ3n) is 8.05. The van der Waals surface area contributed by atoms with E-state index in [1.54, 1.807) is 16.7 Å². The third-order valence-corrected chi connectivity index (χ3v) is 8.30. The van der Waals surface area contributed by atoms with Gasteiger partial charge in [0.1, 0.15) is 0 Å². The number of halogens is 1. The number of carbonyl (C=O) groups excluding carboxylic acids is 1. The van der Waals surface area contributed by atoms with Gasteiger partial charge in [-0.25, -0.2) is 4.98 Å². The van der Waals surface area contributed by atoms with E-state index in [1.807, 2.05) is 48.5 Å². The van der Waals surface area contributed by atoms with Gasteiger partial charge < -0.3 is 19.5 Å². The van der Waals surface area contributed by atoms with Crippen molar-refractivity contribution in [1.82, 2.24) is 19.3 Å². The minimum atomic E-state index is -0.157. The summed E-state index contributed by atoms with van der Waals surface area (Å²) in [6, 6.07) is 24.8. The molecule has 1 aliphatic rings. The molecule has 2 aromatic heterocycles. The van der Waals surface area contributed by atoms with E-state index in [9.17, 15) is 9.59 Å². The molecule has 3 heterocycles. The number of morpholine rings is 1. The minimum Gasteiger partial charge on any atom is -0.378 e. The standard InChI is InChI=1S/C35H36ClN5O3/c1-2-3-4-17-40-32(22-33(42)41-24-31(38-35(40)41)26-11-13-29(36)14-12-26)27-7-9-28(10-8-27)34(43)37-23-25-5-15-30(16-6-25)39-18-20-44-21-19-39/h5-16,22,24H,2-4,17-21,23H2,1H3,(H,37,43). The maximum absolute atomic E-state index is 13.3. The topological polar surface area (TPSA) is 80.9 Å². The van der Waals surface area contributed by atoms with E-state index in [4.69, 9.17) is 21.3 Å². The number of hydrogen-bond donors (Lipinski definition) is 1. The van der Waals surface area contributed by atoms with Crippen LogP contribution in [0.3, 0.4) is 0 Å². The first-order chi connectivity index (χ1) is 21.5. The molecule has 0 saturated carbocycles. The van der Waals surface area contributed by atoms with Crippen molar-refractivity contribution in [2.24, 2.45) is 0 Å². The van der Waals surface area contributed by atoms with Gasteiger partial charge in [-0.2, -0.15) is 0 Å². The zero-order valence-corrected chi connectivity index (χ0v) is 25.6. The van der Waals surface area contributed by atoms with Crippen LogP contribution in [0, 0.1) is 0 Å². The molecule has 1 N–H and O–H groups in total. The Balaban J connectivity index is 1.21. The highest BCUT2D eigenvalue weighted by Crippen LogP contribution is 2.25. The van der Waals surface area contributed by atoms with Crippen molar-refractivity contribution in [3.05, 3.63) is 112 Å². The van der Waals surface area contributed by atoms with Gasteiger partial charge in [0.15, 0.2) is 0 Å². The number of nitrogens with zero attached hydrogens (tertiary/aromatic N) is 4. The number of amides is 1. The van der Waals surface area contributed by atoms with Crippen LogP contribution >= 0.6 is 11.6 Å². The van der Waals surface area contributed by atoms with Gasteiger partial charge >= 0.3 is 0 Å². The van der Waals surface area contributed by atoms with Crippen LogP contribution in [0.2, 0.25) is 5.02 Å². The van der Waals surface area contributed by atoms with Crippen LogP contribution in [0.4, 0.5) is 5.69 Å². The van der Waals surface area contributed by atoms with Crippen LogP contribution in [-0.4, -0.2) is 46.2 Å². The lowest BCUT2D eigenvalue weighted by molar-refractivity contribution is 0.0951. The maximum Gasteiger partial charge on any atom is 0.259 e. The van der Waals surface area contributed by atoms with Gasteiger partial charge in [0.05, 0.1) is 24.6 Å². The van der Waals surface area contributed by atoms with Crippen molar-refractivity contribution < 1.29 is 9.53 Å². The SMILES string of the molecule is CCCCCn1c(-c2ccc(C(=O)NCc3ccc(N4CCOCC4)cc3)cc2)cc(=O)n2cc(-c3ccc(Cl)cc3)nc12. The molecule has 0 atom stereocenters. The quantitative estimate of drug-likeness (QED) is 0.184. The number of ether oxygens (including phenoxy) is 1. The number of fused-ring (bicyclic) bond motifs is 1. The molecular formula is C35H36ClN5O3. The fourth-order valence-electron chi connectivity index (χ4n) is 5.56. The molecule has 1 saturated heterocycles. The Hall–Kier alpha value is -4.40. The van der Waals surface area contributed by atoms with Crippen LogP contribution in [0.25, 0.3) is 28.3 Å². The van der Waals surface area contributed by atoms with Crippen molar-refractivity contribution in [3.63, 3.8) is 0 Å². The Labute approximate surface area is 261 Å². The van der Waals surface area contributed by atoms with Gasteiger partial charge in [0.2, 0.25) is 5.78 Å². The monoisotopic (exact) mass is 609 g/mol. The molecule has 9 heteroatoms. The first kappa shape index (κ1) is 29.7. The van der Waals surface area contributed by atoms with E-state index in [-0.39, 0.29) is 11.5 Å². The summed E-state index contributed by atoms with van der Waals surface area (Å²) in [5.74, 6) is 0.445. The van der Waals surface area contributed by atoms with Crippen LogP contribution in [0.5, 0.6) is 0 Å². The largest absolute Gasteiger partial charge is 0.378 e.